The van der Waals surface area contributed by atoms with Crippen molar-refractivity contribution in [3.8, 4) is 39.1 Å². The number of aromatic nitrogens is 1. The van der Waals surface area contributed by atoms with E-state index in [1.807, 2.05) is 36.4 Å². The molecule has 0 radical (unpaired) electrons. The van der Waals surface area contributed by atoms with E-state index in [9.17, 15) is 0 Å². The lowest BCUT2D eigenvalue weighted by molar-refractivity contribution is 0.640. The number of rotatable bonds is 7. The van der Waals surface area contributed by atoms with Gasteiger partial charge < -0.3 is 13.9 Å². The molecule has 0 atom stereocenters. The average Bonchev–Trinajstić information content (AvgIpc) is 3.85. The molecule has 0 unspecified atom stereocenters. The summed E-state index contributed by atoms with van der Waals surface area (Å²) < 4.78 is 24.1. The van der Waals surface area contributed by atoms with Gasteiger partial charge in [-0.2, -0.15) is 0 Å². The molecular weight excluding hydrogens is 712 g/mol. The molecule has 58 heavy (non-hydrogen) atoms. The molecule has 3 nitrogen and oxygen atoms in total. The molecule has 0 bridgehead atoms. The quantitative estimate of drug-likeness (QED) is 0.162. The van der Waals surface area contributed by atoms with Crippen LogP contribution in [0.2, 0.25) is 0 Å². The van der Waals surface area contributed by atoms with E-state index in [1.165, 1.54) is 6.07 Å². The summed E-state index contributed by atoms with van der Waals surface area (Å²) in [5.41, 5.74) is 14.2. The van der Waals surface area contributed by atoms with Gasteiger partial charge in [0.2, 0.25) is 0 Å². The van der Waals surface area contributed by atoms with Gasteiger partial charge >= 0.3 is 0 Å². The molecule has 2 aromatic heterocycles. The number of hydrogen-bond acceptors (Lipinski definition) is 2. The Hall–Kier alpha value is -7.69. The predicted molar refractivity (Wildman–Crippen MR) is 239 cm³/mol. The summed E-state index contributed by atoms with van der Waals surface area (Å²) in [6.45, 7) is 0. The summed E-state index contributed by atoms with van der Waals surface area (Å²) >= 11 is 0. The highest BCUT2D eigenvalue weighted by Crippen LogP contribution is 2.46. The molecule has 11 rings (SSSR count). The van der Waals surface area contributed by atoms with Gasteiger partial charge in [0.15, 0.2) is 0 Å². The smallest absolute Gasteiger partial charge is 0.143 e. The second-order valence-corrected chi connectivity index (χ2v) is 14.6. The summed E-state index contributed by atoms with van der Waals surface area (Å²) in [6, 6.07) is 73.0. The fourth-order valence-corrected chi connectivity index (χ4v) is 8.62. The Morgan fingerprint density at radius 3 is 1.86 bits per heavy atom. The van der Waals surface area contributed by atoms with Crippen LogP contribution in [0, 0.1) is 5.82 Å². The zero-order chi connectivity index (χ0) is 38.6. The van der Waals surface area contributed by atoms with Gasteiger partial charge in [-0.25, -0.2) is 4.39 Å². The summed E-state index contributed by atoms with van der Waals surface area (Å²) in [5, 5.41) is 3.66. The number of fused-ring (bicyclic) bond motifs is 6. The minimum absolute atomic E-state index is 0.214. The fraction of sp³-hybridized carbons (Fsp3) is 0. The lowest BCUT2D eigenvalue weighted by atomic mass is 10.0. The van der Waals surface area contributed by atoms with E-state index in [0.29, 0.717) is 5.39 Å². The van der Waals surface area contributed by atoms with Crippen LogP contribution in [-0.2, 0) is 0 Å². The zero-order valence-electron chi connectivity index (χ0n) is 31.4. The van der Waals surface area contributed by atoms with Gasteiger partial charge in [0.1, 0.15) is 17.0 Å². The number of anilines is 3. The maximum absolute atomic E-state index is 15.3. The molecule has 0 fully saturated rings. The largest absolute Gasteiger partial charge is 0.455 e. The highest BCUT2D eigenvalue weighted by Gasteiger charge is 2.22. The van der Waals surface area contributed by atoms with Crippen molar-refractivity contribution in [3.05, 3.63) is 218 Å². The number of nitrogens with zero attached hydrogens (tertiary/aromatic N) is 2. The van der Waals surface area contributed by atoms with E-state index >= 15 is 4.39 Å². The van der Waals surface area contributed by atoms with E-state index in [2.05, 4.69) is 173 Å². The first-order valence-corrected chi connectivity index (χ1v) is 19.5. The first kappa shape index (κ1) is 33.6. The van der Waals surface area contributed by atoms with E-state index in [-0.39, 0.29) is 5.82 Å². The first-order valence-electron chi connectivity index (χ1n) is 19.5. The second-order valence-electron chi connectivity index (χ2n) is 14.6. The molecular formula is C54H35FN2O. The molecule has 11 aromatic rings. The van der Waals surface area contributed by atoms with Gasteiger partial charge in [0.05, 0.1) is 22.1 Å². The second kappa shape index (κ2) is 13.8. The maximum atomic E-state index is 15.3. The Bertz CT molecular complexity index is 3290. The molecule has 0 aliphatic heterocycles. The average molecular weight is 747 g/mol. The monoisotopic (exact) mass is 746 g/mol. The van der Waals surface area contributed by atoms with Crippen molar-refractivity contribution in [2.45, 2.75) is 0 Å². The maximum Gasteiger partial charge on any atom is 0.143 e. The number of benzene rings is 9. The van der Waals surface area contributed by atoms with Gasteiger partial charge in [-0.15, -0.1) is 0 Å². The van der Waals surface area contributed by atoms with Crippen LogP contribution in [0.4, 0.5) is 21.5 Å². The third kappa shape index (κ3) is 5.57. The van der Waals surface area contributed by atoms with Crippen LogP contribution in [0.3, 0.4) is 0 Å². The van der Waals surface area contributed by atoms with Crippen molar-refractivity contribution < 1.29 is 8.81 Å². The Balaban J connectivity index is 1.06. The molecule has 0 spiro atoms. The lowest BCUT2D eigenvalue weighted by Crippen LogP contribution is -2.10. The Morgan fingerprint density at radius 1 is 0.414 bits per heavy atom. The number of hydrogen-bond donors (Lipinski definition) is 0. The van der Waals surface area contributed by atoms with Crippen LogP contribution < -0.4 is 4.90 Å². The lowest BCUT2D eigenvalue weighted by Gasteiger charge is -2.27. The van der Waals surface area contributed by atoms with Gasteiger partial charge in [0.25, 0.3) is 0 Å². The van der Waals surface area contributed by atoms with Gasteiger partial charge in [-0.3, -0.25) is 0 Å². The summed E-state index contributed by atoms with van der Waals surface area (Å²) in [4.78, 5) is 2.34. The number of para-hydroxylation sites is 2. The van der Waals surface area contributed by atoms with Crippen molar-refractivity contribution in [3.63, 3.8) is 0 Å². The van der Waals surface area contributed by atoms with Crippen LogP contribution in [0.5, 0.6) is 0 Å². The Labute approximate surface area is 335 Å². The topological polar surface area (TPSA) is 21.3 Å². The Morgan fingerprint density at radius 2 is 1.03 bits per heavy atom. The van der Waals surface area contributed by atoms with Crippen molar-refractivity contribution in [2.24, 2.45) is 0 Å². The van der Waals surface area contributed by atoms with Crippen LogP contribution in [0.15, 0.2) is 217 Å². The highest BCUT2D eigenvalue weighted by atomic mass is 19.1. The first-order chi connectivity index (χ1) is 28.7. The molecule has 0 amide bonds. The van der Waals surface area contributed by atoms with E-state index < -0.39 is 0 Å². The standard InChI is InChI=1S/C54H35FN2O/c55-47-25-12-27-49-52(47)45-22-7-8-26-48(45)57(49)43-21-10-19-40(35-43)37-30-32-41(33-31-37)56(42-20-9-18-39(34-42)36-14-3-1-4-15-36)50-28-13-29-51-53(50)46-24-11-23-44(54(46)58-51)38-16-5-2-6-17-38/h1-35H. The number of halogens is 1. The van der Waals surface area contributed by atoms with Crippen molar-refractivity contribution in [1.82, 2.24) is 4.57 Å². The van der Waals surface area contributed by atoms with Crippen molar-refractivity contribution in [1.29, 1.82) is 0 Å². The molecule has 9 aromatic carbocycles. The molecule has 0 aliphatic carbocycles. The van der Waals surface area contributed by atoms with Crippen LogP contribution in [0.1, 0.15) is 0 Å². The predicted octanol–water partition coefficient (Wildman–Crippen LogP) is 15.3. The molecule has 4 heteroatoms. The zero-order valence-corrected chi connectivity index (χ0v) is 31.4. The van der Waals surface area contributed by atoms with Crippen molar-refractivity contribution in [2.75, 3.05) is 4.90 Å². The van der Waals surface area contributed by atoms with E-state index in [4.69, 9.17) is 4.42 Å². The molecule has 0 saturated heterocycles. The van der Waals surface area contributed by atoms with Gasteiger partial charge in [-0.1, -0.05) is 146 Å². The minimum Gasteiger partial charge on any atom is -0.455 e. The van der Waals surface area contributed by atoms with E-state index in [1.54, 1.807) is 6.07 Å². The summed E-state index contributed by atoms with van der Waals surface area (Å²) in [5.74, 6) is -0.214. The highest BCUT2D eigenvalue weighted by molar-refractivity contribution is 6.16. The minimum atomic E-state index is -0.214. The van der Waals surface area contributed by atoms with Crippen LogP contribution in [-0.4, -0.2) is 4.57 Å². The third-order valence-electron chi connectivity index (χ3n) is 11.2. The summed E-state index contributed by atoms with van der Waals surface area (Å²) in [7, 11) is 0. The number of furan rings is 1. The van der Waals surface area contributed by atoms with Crippen molar-refractivity contribution >= 4 is 60.8 Å². The fourth-order valence-electron chi connectivity index (χ4n) is 8.62. The molecule has 274 valence electrons. The normalized spacial score (nSPS) is 11.5. The molecule has 0 aliphatic rings. The van der Waals surface area contributed by atoms with Crippen LogP contribution in [0.25, 0.3) is 82.8 Å². The molecule has 0 saturated carbocycles. The molecule has 0 N–H and O–H groups in total. The molecule has 2 heterocycles. The summed E-state index contributed by atoms with van der Waals surface area (Å²) in [6.07, 6.45) is 0. The third-order valence-corrected chi connectivity index (χ3v) is 11.2. The van der Waals surface area contributed by atoms with E-state index in [0.717, 1.165) is 94.5 Å². The van der Waals surface area contributed by atoms with Gasteiger partial charge in [0, 0.05) is 38.8 Å². The van der Waals surface area contributed by atoms with Gasteiger partial charge in [-0.05, 0) is 94.5 Å². The Kier molecular flexibility index (Phi) is 8.00. The van der Waals surface area contributed by atoms with Crippen LogP contribution >= 0.6 is 0 Å². The SMILES string of the molecule is Fc1cccc2c1c1ccccc1n2-c1cccc(-c2ccc(N(c3cccc(-c4ccccc4)c3)c3cccc4oc5c(-c6ccccc6)cccc5c34)cc2)c1.